The Hall–Kier alpha value is -0.800. The number of rotatable bonds is 1. The minimum Gasteiger partial charge on any atom is -0.330 e. The van der Waals surface area contributed by atoms with Crippen LogP contribution in [0.5, 0.6) is 0 Å². The molecule has 1 N–H and O–H groups in total. The van der Waals surface area contributed by atoms with Gasteiger partial charge in [-0.3, -0.25) is 4.57 Å². The van der Waals surface area contributed by atoms with E-state index >= 15 is 0 Å². The van der Waals surface area contributed by atoms with Crippen LogP contribution in [0, 0.1) is 26.9 Å². The number of fused-ring (bicyclic) bond motifs is 1. The number of aromatic nitrogens is 2. The maximum absolute atomic E-state index is 13.8. The Morgan fingerprint density at radius 1 is 1.19 bits per heavy atom. The number of aromatic amines is 1. The quantitative estimate of drug-likeness (QED) is 0.353. The van der Waals surface area contributed by atoms with Gasteiger partial charge in [0.15, 0.2) is 4.77 Å². The van der Waals surface area contributed by atoms with E-state index in [0.717, 1.165) is 5.56 Å². The number of hydrogen-bond acceptors (Lipinski definition) is 1. The van der Waals surface area contributed by atoms with Crippen molar-refractivity contribution < 1.29 is 8.78 Å². The summed E-state index contributed by atoms with van der Waals surface area (Å²) in [6.07, 6.45) is 0. The Morgan fingerprint density at radius 2 is 1.90 bits per heavy atom. The average Bonchev–Trinajstić information content (AvgIpc) is 2.70. The summed E-state index contributed by atoms with van der Waals surface area (Å²) < 4.78 is 30.6. The first-order valence-corrected chi connectivity index (χ1v) is 8.22. The molecule has 2 aromatic carbocycles. The molecule has 3 aromatic rings. The first-order chi connectivity index (χ1) is 9.88. The number of halogens is 4. The highest BCUT2D eigenvalue weighted by molar-refractivity contribution is 14.1. The molecule has 21 heavy (non-hydrogen) atoms. The number of aryl methyl sites for hydroxylation is 1. The molecule has 1 aromatic heterocycles. The van der Waals surface area contributed by atoms with Gasteiger partial charge in [0.25, 0.3) is 0 Å². The van der Waals surface area contributed by atoms with Crippen LogP contribution in [0.1, 0.15) is 5.56 Å². The van der Waals surface area contributed by atoms with E-state index in [-0.39, 0.29) is 5.82 Å². The average molecular weight is 481 g/mol. The van der Waals surface area contributed by atoms with Gasteiger partial charge in [0.05, 0.1) is 24.8 Å². The number of H-pyrrole nitrogens is 1. The molecular formula is C14H8BrF2IN2S. The zero-order valence-corrected chi connectivity index (χ0v) is 15.2. The molecule has 7 heteroatoms. The second-order valence-electron chi connectivity index (χ2n) is 4.60. The van der Waals surface area contributed by atoms with Gasteiger partial charge in [-0.2, -0.15) is 0 Å². The van der Waals surface area contributed by atoms with Crippen LogP contribution in [0.15, 0.2) is 28.7 Å². The minimum absolute atomic E-state index is 0.332. The van der Waals surface area contributed by atoms with Crippen molar-refractivity contribution in [3.05, 3.63) is 54.3 Å². The fourth-order valence-electron chi connectivity index (χ4n) is 2.22. The van der Waals surface area contributed by atoms with Crippen molar-refractivity contribution in [1.29, 1.82) is 0 Å². The molecule has 0 saturated carbocycles. The summed E-state index contributed by atoms with van der Waals surface area (Å²) in [4.78, 5) is 3.03. The van der Waals surface area contributed by atoms with Crippen molar-refractivity contribution in [3.63, 3.8) is 0 Å². The lowest BCUT2D eigenvalue weighted by Gasteiger charge is -2.10. The highest BCUT2D eigenvalue weighted by atomic mass is 127. The van der Waals surface area contributed by atoms with Gasteiger partial charge in [0.2, 0.25) is 0 Å². The van der Waals surface area contributed by atoms with Gasteiger partial charge in [-0.05, 0) is 81.4 Å². The highest BCUT2D eigenvalue weighted by Crippen LogP contribution is 2.28. The fourth-order valence-corrected chi connectivity index (χ4v) is 3.45. The molecule has 0 aliphatic rings. The summed E-state index contributed by atoms with van der Waals surface area (Å²) >= 11 is 10.4. The summed E-state index contributed by atoms with van der Waals surface area (Å²) in [6, 6.07) is 6.15. The number of benzene rings is 2. The normalized spacial score (nSPS) is 11.3. The lowest BCUT2D eigenvalue weighted by molar-refractivity contribution is 0.619. The maximum atomic E-state index is 13.8. The van der Waals surface area contributed by atoms with E-state index < -0.39 is 5.82 Å². The number of nitrogens with zero attached hydrogens (tertiary/aromatic N) is 1. The number of nitrogens with one attached hydrogen (secondary N) is 1. The largest absolute Gasteiger partial charge is 0.330 e. The topological polar surface area (TPSA) is 20.7 Å². The highest BCUT2D eigenvalue weighted by Gasteiger charge is 2.14. The van der Waals surface area contributed by atoms with E-state index in [1.165, 1.54) is 12.1 Å². The van der Waals surface area contributed by atoms with Crippen LogP contribution in [0.4, 0.5) is 8.78 Å². The fraction of sp³-hybridized carbons (Fsp3) is 0.0714. The summed E-state index contributed by atoms with van der Waals surface area (Å²) in [5.41, 5.74) is 2.73. The van der Waals surface area contributed by atoms with Crippen LogP contribution in [0.25, 0.3) is 16.7 Å². The van der Waals surface area contributed by atoms with Gasteiger partial charge in [-0.1, -0.05) is 0 Å². The lowest BCUT2D eigenvalue weighted by atomic mass is 10.2. The Kier molecular flexibility index (Phi) is 3.91. The molecule has 0 fully saturated rings. The van der Waals surface area contributed by atoms with Crippen LogP contribution in [0.3, 0.4) is 0 Å². The van der Waals surface area contributed by atoms with Gasteiger partial charge in [-0.25, -0.2) is 8.78 Å². The summed E-state index contributed by atoms with van der Waals surface area (Å²) in [5.74, 6) is -0.723. The van der Waals surface area contributed by atoms with Crippen LogP contribution in [0.2, 0.25) is 0 Å². The minimum atomic E-state index is -0.391. The van der Waals surface area contributed by atoms with Crippen molar-refractivity contribution in [2.24, 2.45) is 0 Å². The molecule has 0 spiro atoms. The number of imidazole rings is 1. The molecule has 0 aliphatic carbocycles. The predicted octanol–water partition coefficient (Wildman–Crippen LogP) is 5.64. The van der Waals surface area contributed by atoms with Crippen molar-refractivity contribution in [1.82, 2.24) is 9.55 Å². The van der Waals surface area contributed by atoms with E-state index in [1.54, 1.807) is 16.7 Å². The SMILES string of the molecule is Cc1cc(Br)c(F)cc1-n1c(=S)[nH]c2cc(I)c(F)cc21. The third kappa shape index (κ3) is 2.55. The van der Waals surface area contributed by atoms with Crippen molar-refractivity contribution in [3.8, 4) is 5.69 Å². The van der Waals surface area contributed by atoms with Gasteiger partial charge in [0, 0.05) is 6.07 Å². The molecule has 0 saturated heterocycles. The zero-order chi connectivity index (χ0) is 15.3. The van der Waals surface area contributed by atoms with Gasteiger partial charge in [0.1, 0.15) is 11.6 Å². The van der Waals surface area contributed by atoms with E-state index in [1.807, 2.05) is 29.5 Å². The van der Waals surface area contributed by atoms with Gasteiger partial charge < -0.3 is 4.98 Å². The maximum Gasteiger partial charge on any atom is 0.182 e. The van der Waals surface area contributed by atoms with Gasteiger partial charge in [-0.15, -0.1) is 0 Å². The Bertz CT molecular complexity index is 933. The standard InChI is InChI=1S/C14H8BrF2IN2S/c1-6-2-7(15)8(16)3-12(6)20-13-4-9(17)10(18)5-11(13)19-14(20)21/h2-5H,1H3,(H,19,21). The molecule has 0 aliphatic heterocycles. The summed E-state index contributed by atoms with van der Waals surface area (Å²) in [5, 5.41) is 0. The first-order valence-electron chi connectivity index (χ1n) is 5.94. The third-order valence-electron chi connectivity index (χ3n) is 3.20. The van der Waals surface area contributed by atoms with E-state index in [9.17, 15) is 8.78 Å². The monoisotopic (exact) mass is 480 g/mol. The molecule has 0 amide bonds. The molecule has 0 radical (unpaired) electrons. The van der Waals surface area contributed by atoms with Crippen LogP contribution >= 0.6 is 50.7 Å². The van der Waals surface area contributed by atoms with Crippen LogP contribution < -0.4 is 0 Å². The number of hydrogen-bond donors (Lipinski definition) is 1. The molecule has 1 heterocycles. The van der Waals surface area contributed by atoms with Crippen LogP contribution in [-0.2, 0) is 0 Å². The predicted molar refractivity (Wildman–Crippen MR) is 93.5 cm³/mol. The van der Waals surface area contributed by atoms with E-state index in [2.05, 4.69) is 20.9 Å². The lowest BCUT2D eigenvalue weighted by Crippen LogP contribution is -1.99. The third-order valence-corrected chi connectivity index (χ3v) is 4.92. The van der Waals surface area contributed by atoms with Crippen molar-refractivity contribution in [2.75, 3.05) is 0 Å². The molecule has 0 unspecified atom stereocenters. The Labute approximate surface area is 146 Å². The molecule has 3 rings (SSSR count). The molecule has 0 bridgehead atoms. The van der Waals surface area contributed by atoms with Crippen molar-refractivity contribution in [2.45, 2.75) is 6.92 Å². The molecule has 2 nitrogen and oxygen atoms in total. The second-order valence-corrected chi connectivity index (χ2v) is 7.01. The zero-order valence-electron chi connectivity index (χ0n) is 10.7. The Morgan fingerprint density at radius 3 is 2.62 bits per heavy atom. The van der Waals surface area contributed by atoms with Crippen molar-refractivity contribution >= 4 is 61.8 Å². The summed E-state index contributed by atoms with van der Waals surface area (Å²) in [6.45, 7) is 1.85. The summed E-state index contributed by atoms with van der Waals surface area (Å²) in [7, 11) is 0. The van der Waals surface area contributed by atoms with Crippen LogP contribution in [-0.4, -0.2) is 9.55 Å². The molecule has 0 atom stereocenters. The van der Waals surface area contributed by atoms with E-state index in [0.29, 0.717) is 29.5 Å². The molecular weight excluding hydrogens is 473 g/mol. The second kappa shape index (κ2) is 5.44. The first kappa shape index (κ1) is 15.1. The Balaban J connectivity index is 2.40. The molecule has 108 valence electrons. The smallest absolute Gasteiger partial charge is 0.182 e. The van der Waals surface area contributed by atoms with E-state index in [4.69, 9.17) is 12.2 Å². The van der Waals surface area contributed by atoms with Gasteiger partial charge >= 0.3 is 0 Å².